The molecule has 0 unspecified atom stereocenters. The third-order valence-corrected chi connectivity index (χ3v) is 7.33. The highest BCUT2D eigenvalue weighted by Gasteiger charge is 2.29. The summed E-state index contributed by atoms with van der Waals surface area (Å²) < 4.78 is 8.52. The van der Waals surface area contributed by atoms with E-state index in [2.05, 4.69) is 29.3 Å². The Kier molecular flexibility index (Phi) is 7.45. The van der Waals surface area contributed by atoms with Gasteiger partial charge in [0.2, 0.25) is 0 Å². The number of para-hydroxylation sites is 1. The molecule has 6 heteroatoms. The van der Waals surface area contributed by atoms with Gasteiger partial charge in [0, 0.05) is 45.5 Å². The lowest BCUT2D eigenvalue weighted by Gasteiger charge is -2.21. The van der Waals surface area contributed by atoms with Crippen LogP contribution < -0.4 is 4.74 Å². The van der Waals surface area contributed by atoms with E-state index in [9.17, 15) is 9.90 Å². The fourth-order valence-corrected chi connectivity index (χ4v) is 5.02. The van der Waals surface area contributed by atoms with Crippen LogP contribution in [0.3, 0.4) is 0 Å². The van der Waals surface area contributed by atoms with Crippen molar-refractivity contribution in [3.8, 4) is 5.75 Å². The predicted octanol–water partition coefficient (Wildman–Crippen LogP) is 7.85. The smallest absolute Gasteiger partial charge is 0.309 e. The SMILES string of the molecule is C=CCc1c(OCc2ccc3ccccc3n2)ccc2c1cc(CC(C)(C)C(=O)O)n2Cc1ccc(Cl)cc1. The van der Waals surface area contributed by atoms with E-state index in [4.69, 9.17) is 21.3 Å². The molecule has 0 saturated carbocycles. The molecular weight excluding hydrogens is 508 g/mol. The summed E-state index contributed by atoms with van der Waals surface area (Å²) in [6.45, 7) is 8.43. The summed E-state index contributed by atoms with van der Waals surface area (Å²) in [4.78, 5) is 16.8. The Labute approximate surface area is 233 Å². The van der Waals surface area contributed by atoms with E-state index in [1.165, 1.54) is 0 Å². The zero-order valence-electron chi connectivity index (χ0n) is 22.2. The zero-order valence-corrected chi connectivity index (χ0v) is 22.9. The van der Waals surface area contributed by atoms with E-state index >= 15 is 0 Å². The van der Waals surface area contributed by atoms with Gasteiger partial charge in [-0.3, -0.25) is 4.79 Å². The second-order valence-corrected chi connectivity index (χ2v) is 10.9. The minimum Gasteiger partial charge on any atom is -0.487 e. The molecular formula is C33H31ClN2O3. The van der Waals surface area contributed by atoms with Crippen LogP contribution in [-0.4, -0.2) is 20.6 Å². The first-order valence-electron chi connectivity index (χ1n) is 13.0. The van der Waals surface area contributed by atoms with Crippen molar-refractivity contribution in [2.75, 3.05) is 0 Å². The van der Waals surface area contributed by atoms with E-state index in [1.54, 1.807) is 13.8 Å². The Morgan fingerprint density at radius 2 is 1.85 bits per heavy atom. The van der Waals surface area contributed by atoms with Crippen molar-refractivity contribution >= 4 is 39.4 Å². The molecule has 39 heavy (non-hydrogen) atoms. The van der Waals surface area contributed by atoms with Gasteiger partial charge in [-0.1, -0.05) is 54.1 Å². The highest BCUT2D eigenvalue weighted by atomic mass is 35.5. The van der Waals surface area contributed by atoms with Gasteiger partial charge in [-0.25, -0.2) is 4.98 Å². The number of nitrogens with zero attached hydrogens (tertiary/aromatic N) is 2. The summed E-state index contributed by atoms with van der Waals surface area (Å²) in [5, 5.41) is 12.7. The number of hydrogen-bond donors (Lipinski definition) is 1. The molecule has 0 atom stereocenters. The lowest BCUT2D eigenvalue weighted by atomic mass is 9.88. The van der Waals surface area contributed by atoms with Gasteiger partial charge in [-0.2, -0.15) is 0 Å². The van der Waals surface area contributed by atoms with Crippen molar-refractivity contribution in [2.24, 2.45) is 5.41 Å². The molecule has 2 aromatic heterocycles. The molecule has 0 saturated heterocycles. The van der Waals surface area contributed by atoms with Crippen LogP contribution in [0.15, 0.2) is 91.5 Å². The lowest BCUT2D eigenvalue weighted by Crippen LogP contribution is -2.27. The maximum absolute atomic E-state index is 12.0. The molecule has 198 valence electrons. The van der Waals surface area contributed by atoms with Gasteiger partial charge in [0.15, 0.2) is 0 Å². The van der Waals surface area contributed by atoms with E-state index < -0.39 is 11.4 Å². The zero-order chi connectivity index (χ0) is 27.6. The number of carboxylic acids is 1. The molecule has 2 heterocycles. The van der Waals surface area contributed by atoms with Crippen molar-refractivity contribution in [3.63, 3.8) is 0 Å². The third kappa shape index (κ3) is 5.69. The maximum Gasteiger partial charge on any atom is 0.309 e. The van der Waals surface area contributed by atoms with Crippen LogP contribution in [0.4, 0.5) is 0 Å². The van der Waals surface area contributed by atoms with E-state index in [0.29, 0.717) is 31.0 Å². The molecule has 1 N–H and O–H groups in total. The summed E-state index contributed by atoms with van der Waals surface area (Å²) in [7, 11) is 0. The number of fused-ring (bicyclic) bond motifs is 2. The Balaban J connectivity index is 1.55. The molecule has 0 spiro atoms. The van der Waals surface area contributed by atoms with Gasteiger partial charge < -0.3 is 14.4 Å². The quantitative estimate of drug-likeness (QED) is 0.184. The number of aromatic nitrogens is 2. The lowest BCUT2D eigenvalue weighted by molar-refractivity contribution is -0.146. The van der Waals surface area contributed by atoms with Crippen LogP contribution in [0.2, 0.25) is 5.02 Å². The summed E-state index contributed by atoms with van der Waals surface area (Å²) in [5.74, 6) is -0.0610. The Bertz CT molecular complexity index is 1670. The summed E-state index contributed by atoms with van der Waals surface area (Å²) >= 11 is 6.12. The van der Waals surface area contributed by atoms with Crippen LogP contribution in [0.25, 0.3) is 21.8 Å². The van der Waals surface area contributed by atoms with Crippen LogP contribution in [0, 0.1) is 5.41 Å². The average molecular weight is 539 g/mol. The Morgan fingerprint density at radius 3 is 2.59 bits per heavy atom. The van der Waals surface area contributed by atoms with Crippen molar-refractivity contribution in [1.29, 1.82) is 0 Å². The standard InChI is InChI=1S/C33H31ClN2O3/c1-4-7-27-28-18-26(19-33(2,3)32(37)38)36(20-22-10-13-24(34)14-11-22)30(28)16-17-31(27)39-21-25-15-12-23-8-5-6-9-29(23)35-25/h4-6,8-18H,1,7,19-21H2,2-3H3,(H,37,38). The number of carboxylic acid groups (broad SMARTS) is 1. The van der Waals surface area contributed by atoms with Gasteiger partial charge >= 0.3 is 5.97 Å². The number of halogens is 1. The van der Waals surface area contributed by atoms with Crippen molar-refractivity contribution in [2.45, 2.75) is 39.8 Å². The number of ether oxygens (including phenoxy) is 1. The molecule has 0 aliphatic rings. The number of benzene rings is 3. The van der Waals surface area contributed by atoms with Gasteiger partial charge in [0.25, 0.3) is 0 Å². The summed E-state index contributed by atoms with van der Waals surface area (Å²) in [6.07, 6.45) is 2.87. The number of carbonyl (C=O) groups is 1. The van der Waals surface area contributed by atoms with Gasteiger partial charge in [-0.05, 0) is 68.3 Å². The first-order valence-corrected chi connectivity index (χ1v) is 13.3. The van der Waals surface area contributed by atoms with Crippen molar-refractivity contribution in [1.82, 2.24) is 9.55 Å². The van der Waals surface area contributed by atoms with E-state index in [0.717, 1.165) is 50.1 Å². The normalized spacial score (nSPS) is 11.7. The second kappa shape index (κ2) is 11.0. The molecule has 0 fully saturated rings. The molecule has 0 aliphatic carbocycles. The largest absolute Gasteiger partial charge is 0.487 e. The van der Waals surface area contributed by atoms with Crippen LogP contribution in [0.1, 0.15) is 36.4 Å². The molecule has 0 bridgehead atoms. The molecule has 0 radical (unpaired) electrons. The molecule has 5 aromatic rings. The Hall–Kier alpha value is -4.09. The number of rotatable bonds is 10. The van der Waals surface area contributed by atoms with Gasteiger partial charge in [-0.15, -0.1) is 6.58 Å². The predicted molar refractivity (Wildman–Crippen MR) is 158 cm³/mol. The fourth-order valence-electron chi connectivity index (χ4n) is 4.89. The maximum atomic E-state index is 12.0. The second-order valence-electron chi connectivity index (χ2n) is 10.5. The number of allylic oxidation sites excluding steroid dienone is 1. The van der Waals surface area contributed by atoms with Gasteiger partial charge in [0.05, 0.1) is 16.6 Å². The number of aliphatic carboxylic acids is 1. The minimum absolute atomic E-state index is 0.338. The summed E-state index contributed by atoms with van der Waals surface area (Å²) in [5.41, 5.74) is 4.94. The first-order chi connectivity index (χ1) is 18.7. The summed E-state index contributed by atoms with van der Waals surface area (Å²) in [6, 6.07) is 26.0. The monoisotopic (exact) mass is 538 g/mol. The Morgan fingerprint density at radius 1 is 1.08 bits per heavy atom. The topological polar surface area (TPSA) is 64.3 Å². The fraction of sp³-hybridized carbons (Fsp3) is 0.212. The average Bonchev–Trinajstić information content (AvgIpc) is 3.25. The van der Waals surface area contributed by atoms with E-state index in [-0.39, 0.29) is 0 Å². The highest BCUT2D eigenvalue weighted by Crippen LogP contribution is 2.35. The molecule has 0 amide bonds. The molecule has 0 aliphatic heterocycles. The molecule has 5 nitrogen and oxygen atoms in total. The highest BCUT2D eigenvalue weighted by molar-refractivity contribution is 6.30. The minimum atomic E-state index is -0.925. The van der Waals surface area contributed by atoms with Crippen molar-refractivity contribution < 1.29 is 14.6 Å². The van der Waals surface area contributed by atoms with Crippen LogP contribution in [0.5, 0.6) is 5.75 Å². The number of hydrogen-bond acceptors (Lipinski definition) is 3. The van der Waals surface area contributed by atoms with Crippen LogP contribution >= 0.6 is 11.6 Å². The molecule has 3 aromatic carbocycles. The van der Waals surface area contributed by atoms with Crippen molar-refractivity contribution in [3.05, 3.63) is 119 Å². The van der Waals surface area contributed by atoms with Crippen LogP contribution in [-0.2, 0) is 30.8 Å². The van der Waals surface area contributed by atoms with E-state index in [1.807, 2.05) is 66.7 Å². The van der Waals surface area contributed by atoms with Gasteiger partial charge in [0.1, 0.15) is 12.4 Å². The third-order valence-electron chi connectivity index (χ3n) is 7.08. The first kappa shape index (κ1) is 26.5. The number of pyridine rings is 1. The molecule has 5 rings (SSSR count).